The van der Waals surface area contributed by atoms with Crippen LogP contribution < -0.4 is 0 Å². The quantitative estimate of drug-likeness (QED) is 0.866. The Hall–Kier alpha value is -1.59. The van der Waals surface area contributed by atoms with Gasteiger partial charge >= 0.3 is 5.97 Å². The SMILES string of the molecule is COC(=O)c1sccc1-n1ccc2c1CC(C)(C)CC2O. The molecular formula is C16H19NO3S. The Balaban J connectivity index is 2.10. The lowest BCUT2D eigenvalue weighted by Crippen LogP contribution is -2.26. The second-order valence-electron chi connectivity index (χ2n) is 6.28. The number of nitrogens with zero attached hydrogens (tertiary/aromatic N) is 1. The lowest BCUT2D eigenvalue weighted by atomic mass is 9.75. The zero-order valence-corrected chi connectivity index (χ0v) is 13.2. The van der Waals surface area contributed by atoms with Crippen LogP contribution in [0.4, 0.5) is 0 Å². The molecule has 0 fully saturated rings. The standard InChI is InChI=1S/C16H19NO3S/c1-16(2)8-12-10(13(18)9-16)4-6-17(12)11-5-7-21-14(11)15(19)20-3/h4-7,13,18H,8-9H2,1-3H3. The number of ether oxygens (including phenoxy) is 1. The number of methoxy groups -OCH3 is 1. The van der Waals surface area contributed by atoms with Gasteiger partial charge in [-0.25, -0.2) is 4.79 Å². The van der Waals surface area contributed by atoms with Gasteiger partial charge in [0.1, 0.15) is 4.88 Å². The molecule has 0 bridgehead atoms. The second kappa shape index (κ2) is 5.00. The van der Waals surface area contributed by atoms with E-state index in [9.17, 15) is 9.90 Å². The average molecular weight is 305 g/mol. The van der Waals surface area contributed by atoms with Gasteiger partial charge in [0.2, 0.25) is 0 Å². The molecule has 5 heteroatoms. The number of fused-ring (bicyclic) bond motifs is 1. The maximum absolute atomic E-state index is 11.9. The van der Waals surface area contributed by atoms with Gasteiger partial charge in [-0.2, -0.15) is 0 Å². The van der Waals surface area contributed by atoms with Crippen molar-refractivity contribution >= 4 is 17.3 Å². The number of hydrogen-bond acceptors (Lipinski definition) is 4. The molecule has 0 spiro atoms. The van der Waals surface area contributed by atoms with E-state index in [1.165, 1.54) is 18.4 Å². The third-order valence-electron chi connectivity index (χ3n) is 4.05. The summed E-state index contributed by atoms with van der Waals surface area (Å²) in [6.45, 7) is 4.32. The van der Waals surface area contributed by atoms with Crippen LogP contribution in [0.1, 0.15) is 47.3 Å². The molecule has 0 aliphatic heterocycles. The van der Waals surface area contributed by atoms with Gasteiger partial charge in [0, 0.05) is 17.5 Å². The first-order valence-electron chi connectivity index (χ1n) is 6.97. The van der Waals surface area contributed by atoms with Crippen LogP contribution in [0.3, 0.4) is 0 Å². The maximum Gasteiger partial charge on any atom is 0.350 e. The lowest BCUT2D eigenvalue weighted by molar-refractivity contribution is 0.0606. The monoisotopic (exact) mass is 305 g/mol. The van der Waals surface area contributed by atoms with Crippen LogP contribution in [-0.2, 0) is 11.2 Å². The van der Waals surface area contributed by atoms with Gasteiger partial charge in [-0.3, -0.25) is 0 Å². The van der Waals surface area contributed by atoms with Gasteiger partial charge in [0.05, 0.1) is 18.9 Å². The first-order chi connectivity index (χ1) is 9.93. The summed E-state index contributed by atoms with van der Waals surface area (Å²) < 4.78 is 6.86. The summed E-state index contributed by atoms with van der Waals surface area (Å²) in [5.41, 5.74) is 2.93. The minimum absolute atomic E-state index is 0.0456. The Morgan fingerprint density at radius 1 is 1.48 bits per heavy atom. The number of hydrogen-bond donors (Lipinski definition) is 1. The van der Waals surface area contributed by atoms with Gasteiger partial charge in [0.25, 0.3) is 0 Å². The molecule has 2 heterocycles. The average Bonchev–Trinajstić information content (AvgIpc) is 3.02. The highest BCUT2D eigenvalue weighted by Gasteiger charge is 2.34. The van der Waals surface area contributed by atoms with Crippen molar-refractivity contribution in [1.29, 1.82) is 0 Å². The normalized spacial score (nSPS) is 20.1. The highest BCUT2D eigenvalue weighted by atomic mass is 32.1. The number of rotatable bonds is 2. The molecule has 1 aliphatic rings. The zero-order chi connectivity index (χ0) is 15.2. The van der Waals surface area contributed by atoms with Crippen molar-refractivity contribution in [3.63, 3.8) is 0 Å². The Morgan fingerprint density at radius 2 is 2.24 bits per heavy atom. The van der Waals surface area contributed by atoms with Crippen molar-refractivity contribution in [3.8, 4) is 5.69 Å². The second-order valence-corrected chi connectivity index (χ2v) is 7.19. The Labute approximate surface area is 128 Å². The molecule has 1 N–H and O–H groups in total. The number of carbonyl (C=O) groups excluding carboxylic acids is 1. The van der Waals surface area contributed by atoms with E-state index in [2.05, 4.69) is 13.8 Å². The number of aromatic nitrogens is 1. The van der Waals surface area contributed by atoms with E-state index in [1.807, 2.05) is 28.3 Å². The number of carbonyl (C=O) groups is 1. The lowest BCUT2D eigenvalue weighted by Gasteiger charge is -2.33. The van der Waals surface area contributed by atoms with Crippen LogP contribution in [-0.4, -0.2) is 22.8 Å². The minimum Gasteiger partial charge on any atom is -0.465 e. The molecular weight excluding hydrogens is 286 g/mol. The van der Waals surface area contributed by atoms with E-state index < -0.39 is 6.10 Å². The van der Waals surface area contributed by atoms with Gasteiger partial charge in [0.15, 0.2) is 0 Å². The number of aliphatic hydroxyl groups excluding tert-OH is 1. The fourth-order valence-electron chi connectivity index (χ4n) is 3.09. The molecule has 21 heavy (non-hydrogen) atoms. The highest BCUT2D eigenvalue weighted by Crippen LogP contribution is 2.42. The summed E-state index contributed by atoms with van der Waals surface area (Å²) in [6.07, 6.45) is 3.13. The molecule has 0 radical (unpaired) electrons. The summed E-state index contributed by atoms with van der Waals surface area (Å²) in [5.74, 6) is -0.321. The molecule has 0 aromatic carbocycles. The zero-order valence-electron chi connectivity index (χ0n) is 12.4. The number of thiophene rings is 1. The summed E-state index contributed by atoms with van der Waals surface area (Å²) in [6, 6.07) is 3.87. The molecule has 4 nitrogen and oxygen atoms in total. The molecule has 0 amide bonds. The van der Waals surface area contributed by atoms with Crippen molar-refractivity contribution in [2.45, 2.75) is 32.8 Å². The van der Waals surface area contributed by atoms with Crippen molar-refractivity contribution < 1.29 is 14.6 Å². The number of esters is 1. The topological polar surface area (TPSA) is 51.5 Å². The molecule has 2 aromatic heterocycles. The van der Waals surface area contributed by atoms with Crippen molar-refractivity contribution in [1.82, 2.24) is 4.57 Å². The first-order valence-corrected chi connectivity index (χ1v) is 7.85. The van der Waals surface area contributed by atoms with Crippen LogP contribution in [0, 0.1) is 5.41 Å². The van der Waals surface area contributed by atoms with Gasteiger partial charge in [-0.05, 0) is 35.8 Å². The predicted molar refractivity (Wildman–Crippen MR) is 82.0 cm³/mol. The smallest absolute Gasteiger partial charge is 0.350 e. The Morgan fingerprint density at radius 3 is 2.95 bits per heavy atom. The van der Waals surface area contributed by atoms with Gasteiger partial charge in [-0.15, -0.1) is 11.3 Å². The van der Waals surface area contributed by atoms with Crippen molar-refractivity contribution in [3.05, 3.63) is 39.8 Å². The van der Waals surface area contributed by atoms with Crippen LogP contribution in [0.2, 0.25) is 0 Å². The molecule has 112 valence electrons. The minimum atomic E-state index is -0.440. The molecule has 2 aromatic rings. The third kappa shape index (κ3) is 2.40. The van der Waals surface area contributed by atoms with Crippen LogP contribution in [0.15, 0.2) is 23.7 Å². The fraction of sp³-hybridized carbons (Fsp3) is 0.438. The highest BCUT2D eigenvalue weighted by molar-refractivity contribution is 7.12. The van der Waals surface area contributed by atoms with Gasteiger partial charge in [-0.1, -0.05) is 13.8 Å². The van der Waals surface area contributed by atoms with E-state index in [0.717, 1.165) is 29.8 Å². The maximum atomic E-state index is 11.9. The van der Waals surface area contributed by atoms with Crippen LogP contribution >= 0.6 is 11.3 Å². The van der Waals surface area contributed by atoms with Crippen LogP contribution in [0.5, 0.6) is 0 Å². The molecule has 0 saturated heterocycles. The summed E-state index contributed by atoms with van der Waals surface area (Å²) in [4.78, 5) is 12.5. The van der Waals surface area contributed by atoms with Crippen molar-refractivity contribution in [2.75, 3.05) is 7.11 Å². The Kier molecular flexibility index (Phi) is 3.42. The third-order valence-corrected chi connectivity index (χ3v) is 4.94. The summed E-state index contributed by atoms with van der Waals surface area (Å²) in [7, 11) is 1.39. The largest absolute Gasteiger partial charge is 0.465 e. The molecule has 1 atom stereocenters. The van der Waals surface area contributed by atoms with Gasteiger partial charge < -0.3 is 14.4 Å². The Bertz CT molecular complexity index is 684. The van der Waals surface area contributed by atoms with Crippen molar-refractivity contribution in [2.24, 2.45) is 5.41 Å². The molecule has 1 unspecified atom stereocenters. The number of aliphatic hydroxyl groups is 1. The van der Waals surface area contributed by atoms with E-state index in [0.29, 0.717) is 4.88 Å². The summed E-state index contributed by atoms with van der Waals surface area (Å²) in [5, 5.41) is 12.2. The molecule has 0 saturated carbocycles. The molecule has 1 aliphatic carbocycles. The fourth-order valence-corrected chi connectivity index (χ4v) is 3.89. The van der Waals surface area contributed by atoms with Crippen LogP contribution in [0.25, 0.3) is 5.69 Å². The predicted octanol–water partition coefficient (Wildman–Crippen LogP) is 3.33. The first kappa shape index (κ1) is 14.4. The van der Waals surface area contributed by atoms with E-state index in [4.69, 9.17) is 4.74 Å². The van der Waals surface area contributed by atoms with E-state index in [1.54, 1.807) is 0 Å². The summed E-state index contributed by atoms with van der Waals surface area (Å²) >= 11 is 1.37. The van der Waals surface area contributed by atoms with E-state index in [-0.39, 0.29) is 11.4 Å². The van der Waals surface area contributed by atoms with E-state index >= 15 is 0 Å². The molecule has 3 rings (SSSR count).